The minimum atomic E-state index is 0.562. The molecule has 0 heterocycles. The number of hydrogen-bond donors (Lipinski definition) is 0. The first kappa shape index (κ1) is 19.8. The first-order chi connectivity index (χ1) is 13.6. The number of benzene rings is 3. The first-order valence-electron chi connectivity index (χ1n) is 8.46. The van der Waals surface area contributed by atoms with Gasteiger partial charge in [0.05, 0.1) is 23.3 Å². The molecule has 0 aromatic heterocycles. The van der Waals surface area contributed by atoms with E-state index in [9.17, 15) is 10.5 Å². The van der Waals surface area contributed by atoms with Gasteiger partial charge in [-0.25, -0.2) is 0 Å². The summed E-state index contributed by atoms with van der Waals surface area (Å²) in [6.45, 7) is 0. The van der Waals surface area contributed by atoms with E-state index in [1.54, 1.807) is 0 Å². The maximum absolute atomic E-state index is 9.58. The number of nitrogens with zero attached hydrogens (tertiary/aromatic N) is 2. The first-order valence-corrected chi connectivity index (χ1v) is 10.0. The molecule has 0 saturated carbocycles. The molecular formula is C24H14Br2N2. The molecule has 3 rings (SSSR count). The quantitative estimate of drug-likeness (QED) is 0.284. The Bertz CT molecular complexity index is 1050. The molecule has 4 heteroatoms. The lowest BCUT2D eigenvalue weighted by Gasteiger charge is -2.05. The van der Waals surface area contributed by atoms with Gasteiger partial charge in [-0.05, 0) is 46.5 Å². The Kier molecular flexibility index (Phi) is 6.61. The van der Waals surface area contributed by atoms with Crippen molar-refractivity contribution in [2.45, 2.75) is 0 Å². The smallest absolute Gasteiger partial charge is 0.0998 e. The van der Waals surface area contributed by atoms with Gasteiger partial charge in [-0.2, -0.15) is 10.5 Å². The van der Waals surface area contributed by atoms with E-state index in [0.717, 1.165) is 31.2 Å². The molecule has 0 aliphatic rings. The fourth-order valence-electron chi connectivity index (χ4n) is 2.68. The van der Waals surface area contributed by atoms with Crippen molar-refractivity contribution in [2.75, 3.05) is 0 Å². The number of rotatable bonds is 4. The van der Waals surface area contributed by atoms with Gasteiger partial charge in [-0.15, -0.1) is 0 Å². The molecule has 0 amide bonds. The Hall–Kier alpha value is -2.92. The van der Waals surface area contributed by atoms with Crippen LogP contribution in [-0.4, -0.2) is 0 Å². The lowest BCUT2D eigenvalue weighted by atomic mass is 9.99. The highest BCUT2D eigenvalue weighted by Crippen LogP contribution is 2.26. The Morgan fingerprint density at radius 3 is 1.29 bits per heavy atom. The molecule has 0 saturated heterocycles. The molecule has 0 radical (unpaired) electrons. The van der Waals surface area contributed by atoms with Gasteiger partial charge in [0.2, 0.25) is 0 Å². The summed E-state index contributed by atoms with van der Waals surface area (Å²) < 4.78 is 1.87. The maximum atomic E-state index is 9.58. The topological polar surface area (TPSA) is 47.6 Å². The van der Waals surface area contributed by atoms with E-state index in [-0.39, 0.29) is 0 Å². The van der Waals surface area contributed by atoms with Crippen molar-refractivity contribution in [1.82, 2.24) is 0 Å². The van der Waals surface area contributed by atoms with Crippen molar-refractivity contribution in [3.63, 3.8) is 0 Å². The summed E-state index contributed by atoms with van der Waals surface area (Å²) in [6, 6.07) is 27.5. The largest absolute Gasteiger partial charge is 0.192 e. The van der Waals surface area contributed by atoms with Crippen LogP contribution in [0.4, 0.5) is 0 Å². The Labute approximate surface area is 181 Å². The molecule has 0 bridgehead atoms. The van der Waals surface area contributed by atoms with E-state index in [4.69, 9.17) is 0 Å². The van der Waals surface area contributed by atoms with Crippen LogP contribution in [0.25, 0.3) is 23.3 Å². The number of halogens is 2. The van der Waals surface area contributed by atoms with E-state index >= 15 is 0 Å². The van der Waals surface area contributed by atoms with E-state index in [0.29, 0.717) is 11.1 Å². The standard InChI is InChI=1S/C24H14Br2N2/c25-23-7-3-1-5-19(23)13-21(15-27)17-9-11-18(12-10-17)22(16-28)14-20-6-2-4-8-24(20)26/h1-14H. The van der Waals surface area contributed by atoms with Gasteiger partial charge in [-0.3, -0.25) is 0 Å². The van der Waals surface area contributed by atoms with Crippen LogP contribution in [0.3, 0.4) is 0 Å². The lowest BCUT2D eigenvalue weighted by Crippen LogP contribution is -1.87. The minimum absolute atomic E-state index is 0.562. The van der Waals surface area contributed by atoms with Gasteiger partial charge in [0.15, 0.2) is 0 Å². The van der Waals surface area contributed by atoms with Crippen LogP contribution in [-0.2, 0) is 0 Å². The van der Waals surface area contributed by atoms with Crippen LogP contribution in [0.15, 0.2) is 81.7 Å². The zero-order valence-electron chi connectivity index (χ0n) is 14.7. The molecule has 0 atom stereocenters. The summed E-state index contributed by atoms with van der Waals surface area (Å²) in [5.74, 6) is 0. The Morgan fingerprint density at radius 1 is 0.607 bits per heavy atom. The summed E-state index contributed by atoms with van der Waals surface area (Å²) in [5.41, 5.74) is 4.61. The zero-order chi connectivity index (χ0) is 19.9. The van der Waals surface area contributed by atoms with Gasteiger partial charge < -0.3 is 0 Å². The zero-order valence-corrected chi connectivity index (χ0v) is 17.9. The van der Waals surface area contributed by atoms with Gasteiger partial charge in [0.25, 0.3) is 0 Å². The molecule has 0 spiro atoms. The number of hydrogen-bond acceptors (Lipinski definition) is 2. The van der Waals surface area contributed by atoms with Crippen molar-refractivity contribution in [2.24, 2.45) is 0 Å². The fourth-order valence-corrected chi connectivity index (χ4v) is 3.48. The summed E-state index contributed by atoms with van der Waals surface area (Å²) in [6.07, 6.45) is 3.70. The Balaban J connectivity index is 1.94. The summed E-state index contributed by atoms with van der Waals surface area (Å²) in [4.78, 5) is 0. The SMILES string of the molecule is N#CC(=Cc1ccccc1Br)c1ccc(C(C#N)=Cc2ccccc2Br)cc1. The van der Waals surface area contributed by atoms with Gasteiger partial charge in [0, 0.05) is 8.95 Å². The van der Waals surface area contributed by atoms with Crippen LogP contribution in [0, 0.1) is 22.7 Å². The average Bonchev–Trinajstić information content (AvgIpc) is 2.73. The van der Waals surface area contributed by atoms with E-state index < -0.39 is 0 Å². The minimum Gasteiger partial charge on any atom is -0.192 e. The molecule has 3 aromatic rings. The van der Waals surface area contributed by atoms with E-state index in [1.165, 1.54) is 0 Å². The summed E-state index contributed by atoms with van der Waals surface area (Å²) in [7, 11) is 0. The van der Waals surface area contributed by atoms with Gasteiger partial charge in [-0.1, -0.05) is 92.5 Å². The average molecular weight is 490 g/mol. The molecule has 3 aromatic carbocycles. The number of nitriles is 2. The van der Waals surface area contributed by atoms with Crippen molar-refractivity contribution in [1.29, 1.82) is 10.5 Å². The molecule has 134 valence electrons. The predicted molar refractivity (Wildman–Crippen MR) is 122 cm³/mol. The van der Waals surface area contributed by atoms with Crippen molar-refractivity contribution in [3.05, 3.63) is 104 Å². The van der Waals surface area contributed by atoms with Crippen LogP contribution < -0.4 is 0 Å². The second-order valence-electron chi connectivity index (χ2n) is 5.96. The van der Waals surface area contributed by atoms with Crippen LogP contribution in [0.5, 0.6) is 0 Å². The molecule has 28 heavy (non-hydrogen) atoms. The number of allylic oxidation sites excluding steroid dienone is 2. The molecule has 0 fully saturated rings. The fraction of sp³-hybridized carbons (Fsp3) is 0. The van der Waals surface area contributed by atoms with Gasteiger partial charge >= 0.3 is 0 Å². The van der Waals surface area contributed by atoms with Crippen LogP contribution in [0.1, 0.15) is 22.3 Å². The van der Waals surface area contributed by atoms with Crippen LogP contribution >= 0.6 is 31.9 Å². The summed E-state index contributed by atoms with van der Waals surface area (Å²) in [5, 5.41) is 19.2. The maximum Gasteiger partial charge on any atom is 0.0998 e. The summed E-state index contributed by atoms with van der Waals surface area (Å²) >= 11 is 7.01. The van der Waals surface area contributed by atoms with Gasteiger partial charge in [0.1, 0.15) is 0 Å². The second-order valence-corrected chi connectivity index (χ2v) is 7.67. The van der Waals surface area contributed by atoms with E-state index in [1.807, 2.05) is 84.9 Å². The monoisotopic (exact) mass is 488 g/mol. The molecule has 0 aliphatic heterocycles. The highest BCUT2D eigenvalue weighted by molar-refractivity contribution is 9.10. The lowest BCUT2D eigenvalue weighted by molar-refractivity contribution is 1.50. The van der Waals surface area contributed by atoms with Crippen molar-refractivity contribution >= 4 is 55.2 Å². The molecule has 0 unspecified atom stereocenters. The Morgan fingerprint density at radius 2 is 0.964 bits per heavy atom. The highest BCUT2D eigenvalue weighted by Gasteiger charge is 2.06. The second kappa shape index (κ2) is 9.33. The molecule has 0 aliphatic carbocycles. The molecule has 2 nitrogen and oxygen atoms in total. The normalized spacial score (nSPS) is 11.6. The predicted octanol–water partition coefficient (Wildman–Crippen LogP) is 7.34. The molecule has 0 N–H and O–H groups in total. The third-order valence-corrected chi connectivity index (χ3v) is 5.60. The van der Waals surface area contributed by atoms with Crippen molar-refractivity contribution < 1.29 is 0 Å². The van der Waals surface area contributed by atoms with E-state index in [2.05, 4.69) is 44.0 Å². The van der Waals surface area contributed by atoms with Crippen LogP contribution in [0.2, 0.25) is 0 Å². The van der Waals surface area contributed by atoms with Crippen molar-refractivity contribution in [3.8, 4) is 12.1 Å². The molecular weight excluding hydrogens is 476 g/mol. The third-order valence-electron chi connectivity index (χ3n) is 4.16. The highest BCUT2D eigenvalue weighted by atomic mass is 79.9. The third kappa shape index (κ3) is 4.67.